The molecule has 2 rings (SSSR count). The van der Waals surface area contributed by atoms with Crippen LogP contribution in [0.15, 0.2) is 40.9 Å². The zero-order valence-corrected chi connectivity index (χ0v) is 16.1. The van der Waals surface area contributed by atoms with Gasteiger partial charge in [0.2, 0.25) is 0 Å². The van der Waals surface area contributed by atoms with Gasteiger partial charge in [-0.25, -0.2) is 4.98 Å². The summed E-state index contributed by atoms with van der Waals surface area (Å²) in [6.45, 7) is 13.7. The summed E-state index contributed by atoms with van der Waals surface area (Å²) in [5, 5.41) is 8.39. The molecule has 124 valence electrons. The van der Waals surface area contributed by atoms with Crippen LogP contribution in [0.3, 0.4) is 0 Å². The number of hydrogen-bond acceptors (Lipinski definition) is 3. The zero-order chi connectivity index (χ0) is 17.2. The smallest absolute Gasteiger partial charge is 0.172 e. The summed E-state index contributed by atoms with van der Waals surface area (Å²) < 4.78 is 6.18. The molecular formula is C19H28N2OSi. The standard InChI is InChI=1S/C19H28N2OSi/c1-13(2)23(14(3)4,15(5)6)19-21-12-17(22-19)18(20)16-10-8-7-9-11-16/h7-15,20H,1-6H3. The quantitative estimate of drug-likeness (QED) is 0.601. The summed E-state index contributed by atoms with van der Waals surface area (Å²) in [5.41, 5.74) is 3.79. The lowest BCUT2D eigenvalue weighted by molar-refractivity contribution is 0.571. The van der Waals surface area contributed by atoms with Crippen molar-refractivity contribution in [2.75, 3.05) is 0 Å². The predicted molar refractivity (Wildman–Crippen MR) is 99.6 cm³/mol. The normalized spacial score (nSPS) is 12.4. The van der Waals surface area contributed by atoms with Gasteiger partial charge in [-0.15, -0.1) is 0 Å². The maximum Gasteiger partial charge on any atom is 0.172 e. The number of benzene rings is 1. The highest BCUT2D eigenvalue weighted by Gasteiger charge is 2.49. The fourth-order valence-electron chi connectivity index (χ4n) is 4.08. The lowest BCUT2D eigenvalue weighted by Gasteiger charge is -2.39. The van der Waals surface area contributed by atoms with E-state index in [1.165, 1.54) is 0 Å². The second-order valence-electron chi connectivity index (χ2n) is 7.17. The molecule has 0 amide bonds. The van der Waals surface area contributed by atoms with E-state index >= 15 is 0 Å². The van der Waals surface area contributed by atoms with E-state index in [4.69, 9.17) is 9.83 Å². The summed E-state index contributed by atoms with van der Waals surface area (Å²) in [6.07, 6.45) is 1.74. The van der Waals surface area contributed by atoms with Crippen molar-refractivity contribution in [1.82, 2.24) is 4.98 Å². The molecule has 0 bridgehead atoms. The fraction of sp³-hybridized carbons (Fsp3) is 0.474. The van der Waals surface area contributed by atoms with Gasteiger partial charge in [-0.3, -0.25) is 5.41 Å². The second kappa shape index (κ2) is 6.83. The Hall–Kier alpha value is -1.68. The van der Waals surface area contributed by atoms with Crippen LogP contribution in [-0.4, -0.2) is 18.8 Å². The van der Waals surface area contributed by atoms with Gasteiger partial charge in [-0.05, 0) is 16.6 Å². The maximum absolute atomic E-state index is 8.39. The van der Waals surface area contributed by atoms with Gasteiger partial charge in [0, 0.05) is 5.56 Å². The molecule has 0 fully saturated rings. The third kappa shape index (κ3) is 3.04. The summed E-state index contributed by atoms with van der Waals surface area (Å²) >= 11 is 0. The predicted octanol–water partition coefficient (Wildman–Crippen LogP) is 4.98. The molecule has 0 aliphatic rings. The van der Waals surface area contributed by atoms with Crippen LogP contribution in [0.4, 0.5) is 0 Å². The van der Waals surface area contributed by atoms with Crippen molar-refractivity contribution in [2.24, 2.45) is 0 Å². The topological polar surface area (TPSA) is 49.9 Å². The van der Waals surface area contributed by atoms with Crippen LogP contribution >= 0.6 is 0 Å². The number of hydrogen-bond donors (Lipinski definition) is 1. The Morgan fingerprint density at radius 3 is 1.96 bits per heavy atom. The molecule has 4 heteroatoms. The highest BCUT2D eigenvalue weighted by molar-refractivity contribution is 6.93. The van der Waals surface area contributed by atoms with Crippen molar-refractivity contribution in [2.45, 2.75) is 58.2 Å². The zero-order valence-electron chi connectivity index (χ0n) is 15.1. The van der Waals surface area contributed by atoms with Crippen LogP contribution < -0.4 is 5.51 Å². The molecule has 1 heterocycles. The molecule has 0 saturated carbocycles. The molecule has 0 unspecified atom stereocenters. The Bertz CT molecular complexity index is 637. The average molecular weight is 329 g/mol. The van der Waals surface area contributed by atoms with Crippen molar-refractivity contribution in [3.8, 4) is 0 Å². The molecule has 0 aliphatic heterocycles. The van der Waals surface area contributed by atoms with E-state index in [1.807, 2.05) is 30.3 Å². The first-order valence-corrected chi connectivity index (χ1v) is 10.7. The summed E-state index contributed by atoms with van der Waals surface area (Å²) in [6, 6.07) is 9.70. The lowest BCUT2D eigenvalue weighted by Crippen LogP contribution is -2.56. The maximum atomic E-state index is 8.39. The van der Waals surface area contributed by atoms with Gasteiger partial charge >= 0.3 is 0 Å². The van der Waals surface area contributed by atoms with E-state index in [2.05, 4.69) is 46.5 Å². The van der Waals surface area contributed by atoms with E-state index < -0.39 is 8.07 Å². The van der Waals surface area contributed by atoms with Gasteiger partial charge in [-0.2, -0.15) is 0 Å². The first-order valence-electron chi connectivity index (χ1n) is 8.42. The average Bonchev–Trinajstić information content (AvgIpc) is 2.96. The minimum absolute atomic E-state index is 0.406. The minimum Gasteiger partial charge on any atom is -0.444 e. The van der Waals surface area contributed by atoms with Crippen molar-refractivity contribution in [3.63, 3.8) is 0 Å². The van der Waals surface area contributed by atoms with Gasteiger partial charge in [0.05, 0.1) is 6.20 Å². The molecule has 0 atom stereocenters. The van der Waals surface area contributed by atoms with E-state index in [9.17, 15) is 0 Å². The van der Waals surface area contributed by atoms with Gasteiger partial charge < -0.3 is 4.42 Å². The molecule has 0 radical (unpaired) electrons. The molecule has 0 aliphatic carbocycles. The highest BCUT2D eigenvalue weighted by Crippen LogP contribution is 2.40. The molecule has 1 N–H and O–H groups in total. The van der Waals surface area contributed by atoms with Gasteiger partial charge in [0.1, 0.15) is 5.71 Å². The third-order valence-corrected chi connectivity index (χ3v) is 11.8. The van der Waals surface area contributed by atoms with Crippen LogP contribution in [0, 0.1) is 5.41 Å². The van der Waals surface area contributed by atoms with Crippen molar-refractivity contribution in [3.05, 3.63) is 47.9 Å². The lowest BCUT2D eigenvalue weighted by atomic mass is 10.1. The SMILES string of the molecule is CC(C)[Si](c1ncc(C(=N)c2ccccc2)o1)(C(C)C)C(C)C. The van der Waals surface area contributed by atoms with Crippen molar-refractivity contribution >= 4 is 19.3 Å². The second-order valence-corrected chi connectivity index (χ2v) is 12.9. The summed E-state index contributed by atoms with van der Waals surface area (Å²) in [4.78, 5) is 4.65. The monoisotopic (exact) mass is 328 g/mol. The van der Waals surface area contributed by atoms with Crippen LogP contribution in [-0.2, 0) is 0 Å². The summed E-state index contributed by atoms with van der Waals surface area (Å²) in [5.74, 6) is 0.574. The third-order valence-electron chi connectivity index (χ3n) is 5.05. The highest BCUT2D eigenvalue weighted by atomic mass is 28.3. The van der Waals surface area contributed by atoms with E-state index in [0.29, 0.717) is 28.1 Å². The van der Waals surface area contributed by atoms with Crippen LogP contribution in [0.1, 0.15) is 52.9 Å². The number of nitrogens with one attached hydrogen (secondary N) is 1. The molecule has 3 nitrogen and oxygen atoms in total. The molecular weight excluding hydrogens is 300 g/mol. The van der Waals surface area contributed by atoms with Gasteiger partial charge in [-0.1, -0.05) is 71.9 Å². The minimum atomic E-state index is -1.90. The Kier molecular flexibility index (Phi) is 5.25. The van der Waals surface area contributed by atoms with Crippen molar-refractivity contribution in [1.29, 1.82) is 5.41 Å². The fourth-order valence-corrected chi connectivity index (χ4v) is 10.1. The van der Waals surface area contributed by atoms with Crippen molar-refractivity contribution < 1.29 is 4.42 Å². The molecule has 0 saturated heterocycles. The molecule has 23 heavy (non-hydrogen) atoms. The van der Waals surface area contributed by atoms with Crippen LogP contribution in [0.25, 0.3) is 0 Å². The Balaban J connectivity index is 2.46. The Labute approximate surface area is 140 Å². The largest absolute Gasteiger partial charge is 0.444 e. The number of oxazole rings is 1. The summed E-state index contributed by atoms with van der Waals surface area (Å²) in [7, 11) is -1.90. The van der Waals surface area contributed by atoms with Crippen LogP contribution in [0.5, 0.6) is 0 Å². The molecule has 2 aromatic rings. The van der Waals surface area contributed by atoms with Gasteiger partial charge in [0.15, 0.2) is 19.3 Å². The van der Waals surface area contributed by atoms with E-state index in [1.54, 1.807) is 6.20 Å². The first-order chi connectivity index (χ1) is 10.8. The number of nitrogens with zero attached hydrogens (tertiary/aromatic N) is 1. The molecule has 1 aromatic heterocycles. The number of aromatic nitrogens is 1. The Morgan fingerprint density at radius 1 is 0.957 bits per heavy atom. The van der Waals surface area contributed by atoms with E-state index in [-0.39, 0.29) is 0 Å². The Morgan fingerprint density at radius 2 is 1.48 bits per heavy atom. The van der Waals surface area contributed by atoms with Crippen LogP contribution in [0.2, 0.25) is 16.6 Å². The number of rotatable bonds is 6. The first kappa shape index (κ1) is 17.7. The molecule has 0 spiro atoms. The molecule has 1 aromatic carbocycles. The van der Waals surface area contributed by atoms with Gasteiger partial charge in [0.25, 0.3) is 0 Å². The van der Waals surface area contributed by atoms with E-state index in [0.717, 1.165) is 11.1 Å².